The monoisotopic (exact) mass is 543 g/mol. The maximum atomic E-state index is 12.9. The lowest BCUT2D eigenvalue weighted by Gasteiger charge is -2.32. The van der Waals surface area contributed by atoms with E-state index in [1.807, 2.05) is 30.3 Å². The minimum Gasteiger partial charge on any atom is -0.497 e. The summed E-state index contributed by atoms with van der Waals surface area (Å²) in [5.41, 5.74) is 3.28. The van der Waals surface area contributed by atoms with Crippen LogP contribution in [0.2, 0.25) is 0 Å². The van der Waals surface area contributed by atoms with E-state index in [-0.39, 0.29) is 29.2 Å². The second-order valence-electron chi connectivity index (χ2n) is 10.6. The number of benzene rings is 2. The summed E-state index contributed by atoms with van der Waals surface area (Å²) in [7, 11) is 1.60. The number of carbonyl (C=O) groups is 1. The van der Waals surface area contributed by atoms with Crippen molar-refractivity contribution in [2.24, 2.45) is 5.92 Å². The van der Waals surface area contributed by atoms with E-state index < -0.39 is 12.3 Å². The number of aromatic nitrogens is 3. The Labute approximate surface area is 224 Å². The minimum absolute atomic E-state index is 0.0176. The summed E-state index contributed by atoms with van der Waals surface area (Å²) in [6.07, 6.45) is 2.18. The molecule has 10 heteroatoms. The Morgan fingerprint density at radius 3 is 2.33 bits per heavy atom. The summed E-state index contributed by atoms with van der Waals surface area (Å²) in [4.78, 5) is 11.9. The molecule has 0 unspecified atom stereocenters. The molecule has 208 valence electrons. The highest BCUT2D eigenvalue weighted by atomic mass is 19.4. The third-order valence-electron chi connectivity index (χ3n) is 8.14. The first kappa shape index (κ1) is 27.0. The lowest BCUT2D eigenvalue weighted by molar-refractivity contribution is -0.275. The van der Waals surface area contributed by atoms with Gasteiger partial charge in [0.2, 0.25) is 0 Å². The molecule has 5 rings (SSSR count). The van der Waals surface area contributed by atoms with Crippen molar-refractivity contribution in [3.05, 3.63) is 70.5 Å². The van der Waals surface area contributed by atoms with Gasteiger partial charge >= 0.3 is 12.3 Å². The Balaban J connectivity index is 1.27. The molecule has 1 heterocycles. The van der Waals surface area contributed by atoms with Crippen LogP contribution in [0.3, 0.4) is 0 Å². The van der Waals surface area contributed by atoms with E-state index in [1.165, 1.54) is 6.07 Å². The fourth-order valence-electron chi connectivity index (χ4n) is 5.78. The molecule has 2 aliphatic rings. The highest BCUT2D eigenvalue weighted by Gasteiger charge is 2.35. The highest BCUT2D eigenvalue weighted by Crippen LogP contribution is 2.45. The second-order valence-corrected chi connectivity index (χ2v) is 10.6. The van der Waals surface area contributed by atoms with E-state index >= 15 is 0 Å². The van der Waals surface area contributed by atoms with Crippen LogP contribution in [0.1, 0.15) is 89.7 Å². The van der Waals surface area contributed by atoms with Crippen molar-refractivity contribution in [2.45, 2.75) is 76.1 Å². The van der Waals surface area contributed by atoms with Gasteiger partial charge in [-0.1, -0.05) is 35.9 Å². The van der Waals surface area contributed by atoms with Crippen molar-refractivity contribution in [2.75, 3.05) is 7.11 Å². The Kier molecular flexibility index (Phi) is 7.81. The first-order chi connectivity index (χ1) is 18.7. The van der Waals surface area contributed by atoms with Crippen LogP contribution in [0.4, 0.5) is 13.2 Å². The Morgan fingerprint density at radius 1 is 1.03 bits per heavy atom. The van der Waals surface area contributed by atoms with Gasteiger partial charge in [0, 0.05) is 0 Å². The van der Waals surface area contributed by atoms with Crippen LogP contribution in [0.15, 0.2) is 42.5 Å². The lowest BCUT2D eigenvalue weighted by Crippen LogP contribution is -2.21. The van der Waals surface area contributed by atoms with Crippen molar-refractivity contribution >= 4 is 5.97 Å². The molecule has 2 fully saturated rings. The molecule has 2 saturated carbocycles. The third kappa shape index (κ3) is 6.37. The predicted octanol–water partition coefficient (Wildman–Crippen LogP) is 6.72. The normalized spacial score (nSPS) is 19.9. The van der Waals surface area contributed by atoms with Crippen molar-refractivity contribution in [3.63, 3.8) is 0 Å². The van der Waals surface area contributed by atoms with Gasteiger partial charge in [0.15, 0.2) is 5.69 Å². The first-order valence-corrected chi connectivity index (χ1v) is 13.4. The van der Waals surface area contributed by atoms with Crippen LogP contribution in [-0.4, -0.2) is 39.5 Å². The van der Waals surface area contributed by atoms with Gasteiger partial charge in [0.1, 0.15) is 11.5 Å². The Hall–Kier alpha value is -3.56. The van der Waals surface area contributed by atoms with Gasteiger partial charge in [0.25, 0.3) is 0 Å². The summed E-state index contributed by atoms with van der Waals surface area (Å²) in [6.45, 7) is 0.408. The third-order valence-corrected chi connectivity index (χ3v) is 8.14. The number of aromatic carboxylic acids is 1. The molecular formula is C29H32F3N3O4. The van der Waals surface area contributed by atoms with E-state index in [2.05, 4.69) is 15.0 Å². The van der Waals surface area contributed by atoms with Crippen molar-refractivity contribution in [1.29, 1.82) is 0 Å². The second kappa shape index (κ2) is 11.3. The first-order valence-electron chi connectivity index (χ1n) is 13.4. The molecule has 2 aliphatic carbocycles. The molecule has 0 bridgehead atoms. The fourth-order valence-corrected chi connectivity index (χ4v) is 5.78. The number of hydrogen-bond donors (Lipinski definition) is 1. The van der Waals surface area contributed by atoms with Gasteiger partial charge in [0.05, 0.1) is 19.3 Å². The lowest BCUT2D eigenvalue weighted by atomic mass is 9.74. The molecule has 1 N–H and O–H groups in total. The number of nitrogens with zero attached hydrogens (tertiary/aromatic N) is 3. The maximum Gasteiger partial charge on any atom is 0.573 e. The quantitative estimate of drug-likeness (QED) is 0.323. The average Bonchev–Trinajstić information content (AvgIpc) is 3.26. The van der Waals surface area contributed by atoms with Gasteiger partial charge in [-0.2, -0.15) is 0 Å². The number of methoxy groups -OCH3 is 1. The summed E-state index contributed by atoms with van der Waals surface area (Å²) < 4.78 is 50.0. The molecule has 0 spiro atoms. The number of alkyl halides is 3. The Bertz CT molecular complexity index is 1290. The molecule has 1 aromatic heterocycles. The van der Waals surface area contributed by atoms with Gasteiger partial charge in [-0.15, -0.1) is 18.3 Å². The molecule has 7 nitrogen and oxygen atoms in total. The van der Waals surface area contributed by atoms with E-state index in [4.69, 9.17) is 4.74 Å². The van der Waals surface area contributed by atoms with Crippen molar-refractivity contribution in [1.82, 2.24) is 15.0 Å². The van der Waals surface area contributed by atoms with E-state index in [9.17, 15) is 23.1 Å². The number of rotatable bonds is 9. The molecule has 0 saturated heterocycles. The van der Waals surface area contributed by atoms with Crippen LogP contribution < -0.4 is 9.47 Å². The van der Waals surface area contributed by atoms with Gasteiger partial charge in [-0.05, 0) is 97.6 Å². The topological polar surface area (TPSA) is 86.5 Å². The molecule has 39 heavy (non-hydrogen) atoms. The molecule has 0 amide bonds. The van der Waals surface area contributed by atoms with Crippen LogP contribution in [0, 0.1) is 5.92 Å². The van der Waals surface area contributed by atoms with Crippen molar-refractivity contribution < 1.29 is 32.5 Å². The summed E-state index contributed by atoms with van der Waals surface area (Å²) in [5, 5.41) is 17.8. The van der Waals surface area contributed by atoms with Crippen LogP contribution in [-0.2, 0) is 13.0 Å². The zero-order chi connectivity index (χ0) is 27.6. The summed E-state index contributed by atoms with van der Waals surface area (Å²) in [6, 6.07) is 12.7. The molecule has 2 aromatic carbocycles. The number of ether oxygens (including phenoxy) is 2. The van der Waals surface area contributed by atoms with Crippen LogP contribution in [0.5, 0.6) is 11.5 Å². The van der Waals surface area contributed by atoms with Crippen LogP contribution in [0.25, 0.3) is 0 Å². The SMILES string of the molecule is COc1ccc(Cn2nnc(C(=O)O)c2CC2CCC(c3ccc(OC(F)(F)F)c(C4CCC4)c3)CC2)cc1. The minimum atomic E-state index is -4.71. The van der Waals surface area contributed by atoms with E-state index in [1.54, 1.807) is 17.9 Å². The van der Waals surface area contributed by atoms with Gasteiger partial charge < -0.3 is 14.6 Å². The van der Waals surface area contributed by atoms with Gasteiger partial charge in [-0.3, -0.25) is 0 Å². The van der Waals surface area contributed by atoms with E-state index in [0.717, 1.165) is 61.8 Å². The maximum absolute atomic E-state index is 12.9. The predicted molar refractivity (Wildman–Crippen MR) is 137 cm³/mol. The average molecular weight is 544 g/mol. The smallest absolute Gasteiger partial charge is 0.497 e. The molecule has 0 atom stereocenters. The van der Waals surface area contributed by atoms with Gasteiger partial charge in [-0.25, -0.2) is 9.48 Å². The standard InChI is InChI=1S/C29H32F3N3O4/c1-38-23-12-7-19(8-13-23)17-35-25(27(28(36)37)33-34-35)15-18-5-9-20(10-6-18)22-11-14-26(39-29(30,31)32)24(16-22)21-3-2-4-21/h7-8,11-14,16,18,20-21H,2-6,9-10,15,17H2,1H3,(H,36,37). The molecule has 0 aliphatic heterocycles. The Morgan fingerprint density at radius 2 is 1.74 bits per heavy atom. The number of carboxylic acids is 1. The summed E-state index contributed by atoms with van der Waals surface area (Å²) in [5.74, 6) is 0.204. The van der Waals surface area contributed by atoms with E-state index in [0.29, 0.717) is 24.2 Å². The molecule has 3 aromatic rings. The zero-order valence-corrected chi connectivity index (χ0v) is 21.8. The number of halogens is 3. The molecule has 0 radical (unpaired) electrons. The largest absolute Gasteiger partial charge is 0.573 e. The number of hydrogen-bond acceptors (Lipinski definition) is 5. The highest BCUT2D eigenvalue weighted by molar-refractivity contribution is 5.86. The van der Waals surface area contributed by atoms with Crippen LogP contribution >= 0.6 is 0 Å². The summed E-state index contributed by atoms with van der Waals surface area (Å²) >= 11 is 0. The molecular weight excluding hydrogens is 511 g/mol. The van der Waals surface area contributed by atoms with Crippen molar-refractivity contribution in [3.8, 4) is 11.5 Å². The fraction of sp³-hybridized carbons (Fsp3) is 0.483. The number of carboxylic acid groups (broad SMARTS) is 1. The zero-order valence-electron chi connectivity index (χ0n) is 21.8.